The van der Waals surface area contributed by atoms with Crippen molar-refractivity contribution in [1.29, 1.82) is 0 Å². The van der Waals surface area contributed by atoms with Crippen molar-refractivity contribution in [2.45, 2.75) is 12.5 Å². The number of rotatable bonds is 2. The first-order chi connectivity index (χ1) is 4.72. The summed E-state index contributed by atoms with van der Waals surface area (Å²) in [6.45, 7) is 0. The summed E-state index contributed by atoms with van der Waals surface area (Å²) in [6, 6.07) is 1.99. The molecule has 1 aromatic heterocycles. The van der Waals surface area contributed by atoms with E-state index in [0.29, 0.717) is 5.69 Å². The van der Waals surface area contributed by atoms with Crippen LogP contribution in [0.25, 0.3) is 0 Å². The van der Waals surface area contributed by atoms with Crippen molar-refractivity contribution in [2.75, 3.05) is 0 Å². The van der Waals surface area contributed by atoms with Gasteiger partial charge in [-0.1, -0.05) is 0 Å². The number of alkyl halides is 2. The second-order valence-corrected chi connectivity index (χ2v) is 1.99. The molecule has 0 bridgehead atoms. The molecule has 10 heavy (non-hydrogen) atoms. The quantitative estimate of drug-likeness (QED) is 0.648. The number of aromatic amines is 1. The summed E-state index contributed by atoms with van der Waals surface area (Å²) in [6.07, 6.45) is -0.934. The first-order valence-electron chi connectivity index (χ1n) is 2.89. The molecule has 2 nitrogen and oxygen atoms in total. The average molecular weight is 146 g/mol. The number of aromatic nitrogens is 1. The Morgan fingerprint density at radius 3 is 2.60 bits per heavy atom. The summed E-state index contributed by atoms with van der Waals surface area (Å²) in [5, 5.41) is 0. The molecule has 3 N–H and O–H groups in total. The van der Waals surface area contributed by atoms with E-state index in [1.807, 2.05) is 0 Å². The first-order valence-corrected chi connectivity index (χ1v) is 2.89. The molecule has 0 radical (unpaired) electrons. The van der Waals surface area contributed by atoms with Crippen LogP contribution in [0.15, 0.2) is 18.3 Å². The molecule has 0 saturated carbocycles. The zero-order valence-corrected chi connectivity index (χ0v) is 5.22. The number of hydrogen-bond acceptors (Lipinski definition) is 1. The first kappa shape index (κ1) is 7.21. The van der Waals surface area contributed by atoms with Gasteiger partial charge in [-0.05, 0) is 12.1 Å². The zero-order valence-electron chi connectivity index (χ0n) is 5.22. The third kappa shape index (κ3) is 1.33. The molecule has 0 aliphatic carbocycles. The molecule has 0 fully saturated rings. The van der Waals surface area contributed by atoms with E-state index in [1.165, 1.54) is 6.07 Å². The Kier molecular flexibility index (Phi) is 2.01. The maximum atomic E-state index is 11.8. The highest BCUT2D eigenvalue weighted by Gasteiger charge is 2.17. The van der Waals surface area contributed by atoms with Crippen LogP contribution in [0.1, 0.15) is 11.7 Å². The van der Waals surface area contributed by atoms with E-state index in [-0.39, 0.29) is 0 Å². The SMILES string of the molecule is N[C@@H](c1ccc[nH]1)C(F)F. The van der Waals surface area contributed by atoms with Gasteiger partial charge in [-0.15, -0.1) is 0 Å². The molecule has 0 aliphatic heterocycles. The maximum absolute atomic E-state index is 11.8. The second kappa shape index (κ2) is 2.79. The second-order valence-electron chi connectivity index (χ2n) is 1.99. The minimum Gasteiger partial charge on any atom is -0.364 e. The standard InChI is InChI=1S/C6H8F2N2/c7-6(8)5(9)4-2-1-3-10-4/h1-3,5-6,10H,9H2/t5-/m0/s1. The van der Waals surface area contributed by atoms with Crippen LogP contribution in [0.2, 0.25) is 0 Å². The molecule has 0 unspecified atom stereocenters. The normalized spacial score (nSPS) is 14.0. The smallest absolute Gasteiger partial charge is 0.259 e. The van der Waals surface area contributed by atoms with Gasteiger partial charge in [0.1, 0.15) is 6.04 Å². The number of H-pyrrole nitrogens is 1. The van der Waals surface area contributed by atoms with Gasteiger partial charge in [0.2, 0.25) is 0 Å². The Hall–Kier alpha value is -0.900. The molecule has 56 valence electrons. The number of nitrogens with two attached hydrogens (primary N) is 1. The topological polar surface area (TPSA) is 41.8 Å². The highest BCUT2D eigenvalue weighted by Crippen LogP contribution is 2.14. The predicted octanol–water partition coefficient (Wildman–Crippen LogP) is 1.28. The van der Waals surface area contributed by atoms with E-state index in [4.69, 9.17) is 5.73 Å². The van der Waals surface area contributed by atoms with Crippen LogP contribution in [0, 0.1) is 0 Å². The number of hydrogen-bond donors (Lipinski definition) is 2. The van der Waals surface area contributed by atoms with Gasteiger partial charge in [0.25, 0.3) is 6.43 Å². The largest absolute Gasteiger partial charge is 0.364 e. The van der Waals surface area contributed by atoms with Crippen molar-refractivity contribution in [3.8, 4) is 0 Å². The maximum Gasteiger partial charge on any atom is 0.259 e. The van der Waals surface area contributed by atoms with Gasteiger partial charge in [-0.2, -0.15) is 0 Å². The van der Waals surface area contributed by atoms with Crippen LogP contribution < -0.4 is 5.73 Å². The van der Waals surface area contributed by atoms with Gasteiger partial charge in [-0.3, -0.25) is 0 Å². The van der Waals surface area contributed by atoms with Crippen molar-refractivity contribution in [1.82, 2.24) is 4.98 Å². The highest BCUT2D eigenvalue weighted by molar-refractivity contribution is 5.08. The van der Waals surface area contributed by atoms with E-state index in [0.717, 1.165) is 0 Å². The Morgan fingerprint density at radius 2 is 2.20 bits per heavy atom. The summed E-state index contributed by atoms with van der Waals surface area (Å²) >= 11 is 0. The van der Waals surface area contributed by atoms with Gasteiger partial charge in [0.05, 0.1) is 0 Å². The Balaban J connectivity index is 2.68. The molecule has 0 aromatic carbocycles. The van der Waals surface area contributed by atoms with Gasteiger partial charge in [-0.25, -0.2) is 8.78 Å². The van der Waals surface area contributed by atoms with Crippen molar-refractivity contribution in [3.63, 3.8) is 0 Å². The van der Waals surface area contributed by atoms with Gasteiger partial charge in [0.15, 0.2) is 0 Å². The lowest BCUT2D eigenvalue weighted by atomic mass is 10.2. The Morgan fingerprint density at radius 1 is 1.50 bits per heavy atom. The summed E-state index contributed by atoms with van der Waals surface area (Å²) in [4.78, 5) is 2.61. The average Bonchev–Trinajstić information content (AvgIpc) is 2.36. The van der Waals surface area contributed by atoms with E-state index in [1.54, 1.807) is 12.3 Å². The lowest BCUT2D eigenvalue weighted by Gasteiger charge is -2.06. The van der Waals surface area contributed by atoms with Crippen LogP contribution in [0.5, 0.6) is 0 Å². The number of halogens is 2. The minimum atomic E-state index is -2.50. The fourth-order valence-corrected chi connectivity index (χ4v) is 0.687. The van der Waals surface area contributed by atoms with E-state index in [2.05, 4.69) is 4.98 Å². The lowest BCUT2D eigenvalue weighted by molar-refractivity contribution is 0.115. The summed E-state index contributed by atoms with van der Waals surface area (Å²) in [5.74, 6) is 0. The molecule has 0 saturated heterocycles. The molecule has 0 amide bonds. The van der Waals surface area contributed by atoms with Gasteiger partial charge < -0.3 is 10.7 Å². The fraction of sp³-hybridized carbons (Fsp3) is 0.333. The van der Waals surface area contributed by atoms with E-state index in [9.17, 15) is 8.78 Å². The van der Waals surface area contributed by atoms with Crippen molar-refractivity contribution in [3.05, 3.63) is 24.0 Å². The minimum absolute atomic E-state index is 0.370. The van der Waals surface area contributed by atoms with Crippen LogP contribution in [-0.2, 0) is 0 Å². The highest BCUT2D eigenvalue weighted by atomic mass is 19.3. The van der Waals surface area contributed by atoms with Crippen LogP contribution >= 0.6 is 0 Å². The van der Waals surface area contributed by atoms with Gasteiger partial charge in [0, 0.05) is 11.9 Å². The van der Waals surface area contributed by atoms with Crippen molar-refractivity contribution >= 4 is 0 Å². The zero-order chi connectivity index (χ0) is 7.56. The molecule has 0 spiro atoms. The molecular formula is C6H8F2N2. The monoisotopic (exact) mass is 146 g/mol. The predicted molar refractivity (Wildman–Crippen MR) is 33.7 cm³/mol. The van der Waals surface area contributed by atoms with Crippen LogP contribution in [0.4, 0.5) is 8.78 Å². The van der Waals surface area contributed by atoms with Crippen LogP contribution in [0.3, 0.4) is 0 Å². The molecule has 1 rings (SSSR count). The summed E-state index contributed by atoms with van der Waals surface area (Å²) in [5.41, 5.74) is 5.47. The molecule has 0 aliphatic rings. The molecule has 1 aromatic rings. The summed E-state index contributed by atoms with van der Waals surface area (Å²) < 4.78 is 23.7. The van der Waals surface area contributed by atoms with Crippen molar-refractivity contribution < 1.29 is 8.78 Å². The summed E-state index contributed by atoms with van der Waals surface area (Å²) in [7, 11) is 0. The van der Waals surface area contributed by atoms with Crippen molar-refractivity contribution in [2.24, 2.45) is 5.73 Å². The number of nitrogens with one attached hydrogen (secondary N) is 1. The van der Waals surface area contributed by atoms with E-state index >= 15 is 0 Å². The Bertz CT molecular complexity index is 184. The lowest BCUT2D eigenvalue weighted by Crippen LogP contribution is -2.18. The fourth-order valence-electron chi connectivity index (χ4n) is 0.687. The van der Waals surface area contributed by atoms with Crippen LogP contribution in [-0.4, -0.2) is 11.4 Å². The molecule has 1 atom stereocenters. The molecular weight excluding hydrogens is 138 g/mol. The van der Waals surface area contributed by atoms with Gasteiger partial charge >= 0.3 is 0 Å². The third-order valence-corrected chi connectivity index (χ3v) is 1.25. The molecule has 4 heteroatoms. The third-order valence-electron chi connectivity index (χ3n) is 1.25. The molecule has 1 heterocycles. The Labute approximate surface area is 57.0 Å². The van der Waals surface area contributed by atoms with E-state index < -0.39 is 12.5 Å².